The van der Waals surface area contributed by atoms with Crippen molar-refractivity contribution in [3.63, 3.8) is 0 Å². The number of anilines is 1. The minimum atomic E-state index is 0.0692. The maximum absolute atomic E-state index is 12.6. The van der Waals surface area contributed by atoms with E-state index in [-0.39, 0.29) is 5.91 Å². The van der Waals surface area contributed by atoms with Crippen molar-refractivity contribution in [3.8, 4) is 0 Å². The highest BCUT2D eigenvalue weighted by atomic mass is 32.2. The second-order valence-electron chi connectivity index (χ2n) is 8.01. The molecule has 0 saturated carbocycles. The van der Waals surface area contributed by atoms with Crippen LogP contribution in [0.1, 0.15) is 11.3 Å². The van der Waals surface area contributed by atoms with Crippen molar-refractivity contribution in [2.45, 2.75) is 13.1 Å². The van der Waals surface area contributed by atoms with E-state index in [9.17, 15) is 4.79 Å². The van der Waals surface area contributed by atoms with Gasteiger partial charge in [-0.15, -0.1) is 0 Å². The van der Waals surface area contributed by atoms with Crippen molar-refractivity contribution >= 4 is 23.4 Å². The molecule has 0 radical (unpaired) electrons. The maximum atomic E-state index is 12.6. The van der Waals surface area contributed by atoms with Gasteiger partial charge in [0.25, 0.3) is 0 Å². The molecule has 1 aromatic carbocycles. The van der Waals surface area contributed by atoms with Gasteiger partial charge in [0.1, 0.15) is 0 Å². The fourth-order valence-corrected chi connectivity index (χ4v) is 4.97. The lowest BCUT2D eigenvalue weighted by molar-refractivity contribution is -0.117. The van der Waals surface area contributed by atoms with E-state index in [2.05, 4.69) is 43.2 Å². The molecular formula is C23H31N5OS. The van der Waals surface area contributed by atoms with Crippen molar-refractivity contribution in [2.75, 3.05) is 62.6 Å². The number of thioether (sulfide) groups is 1. The summed E-state index contributed by atoms with van der Waals surface area (Å²) in [5.41, 5.74) is 3.27. The molecule has 30 heavy (non-hydrogen) atoms. The number of hydrogen-bond acceptors (Lipinski definition) is 6. The number of nitrogens with zero attached hydrogens (tertiary/aromatic N) is 4. The molecule has 2 fully saturated rings. The molecule has 0 spiro atoms. The standard InChI is InChI=1S/C23H31N5OS/c29-23(19-27-10-8-26(9-11-27)18-22-5-1-2-7-24-22)25-21-6-3-4-20(16-21)17-28-12-14-30-15-13-28/h1-7,16H,8-15,17-19H2,(H,25,29). The third-order valence-corrected chi connectivity index (χ3v) is 6.61. The van der Waals surface area contributed by atoms with Crippen LogP contribution in [0.25, 0.3) is 0 Å². The minimum Gasteiger partial charge on any atom is -0.325 e. The summed E-state index contributed by atoms with van der Waals surface area (Å²) < 4.78 is 0. The van der Waals surface area contributed by atoms with Crippen LogP contribution in [-0.4, -0.2) is 82.9 Å². The van der Waals surface area contributed by atoms with Gasteiger partial charge in [0.15, 0.2) is 0 Å². The third kappa shape index (κ3) is 6.54. The number of nitrogens with one attached hydrogen (secondary N) is 1. The van der Waals surface area contributed by atoms with Gasteiger partial charge < -0.3 is 5.32 Å². The number of hydrogen-bond donors (Lipinski definition) is 1. The van der Waals surface area contributed by atoms with Crippen molar-refractivity contribution in [2.24, 2.45) is 0 Å². The topological polar surface area (TPSA) is 51.7 Å². The number of aromatic nitrogens is 1. The Morgan fingerprint density at radius 2 is 1.67 bits per heavy atom. The molecule has 160 valence electrons. The molecule has 1 amide bonds. The molecule has 2 aliphatic rings. The number of pyridine rings is 1. The molecule has 2 aliphatic heterocycles. The van der Waals surface area contributed by atoms with E-state index < -0.39 is 0 Å². The minimum absolute atomic E-state index is 0.0692. The molecule has 7 heteroatoms. The summed E-state index contributed by atoms with van der Waals surface area (Å²) in [6, 6.07) is 14.3. The zero-order valence-corrected chi connectivity index (χ0v) is 18.3. The molecule has 3 heterocycles. The van der Waals surface area contributed by atoms with Crippen LogP contribution in [0.4, 0.5) is 5.69 Å². The van der Waals surface area contributed by atoms with E-state index in [1.807, 2.05) is 42.2 Å². The normalized spacial score (nSPS) is 18.9. The lowest BCUT2D eigenvalue weighted by atomic mass is 10.2. The predicted octanol–water partition coefficient (Wildman–Crippen LogP) is 2.39. The largest absolute Gasteiger partial charge is 0.325 e. The van der Waals surface area contributed by atoms with Crippen molar-refractivity contribution in [1.29, 1.82) is 0 Å². The third-order valence-electron chi connectivity index (χ3n) is 5.66. The monoisotopic (exact) mass is 425 g/mol. The second kappa shape index (κ2) is 10.9. The van der Waals surface area contributed by atoms with Gasteiger partial charge in [-0.05, 0) is 29.8 Å². The Morgan fingerprint density at radius 1 is 0.900 bits per heavy atom. The highest BCUT2D eigenvalue weighted by molar-refractivity contribution is 7.99. The summed E-state index contributed by atoms with van der Waals surface area (Å²) in [6.07, 6.45) is 1.84. The van der Waals surface area contributed by atoms with Crippen LogP contribution < -0.4 is 5.32 Å². The van der Waals surface area contributed by atoms with Crippen LogP contribution in [0.15, 0.2) is 48.7 Å². The molecule has 2 saturated heterocycles. The van der Waals surface area contributed by atoms with Crippen LogP contribution >= 0.6 is 11.8 Å². The second-order valence-corrected chi connectivity index (χ2v) is 9.24. The molecule has 6 nitrogen and oxygen atoms in total. The first-order chi connectivity index (χ1) is 14.7. The molecule has 1 N–H and O–H groups in total. The van der Waals surface area contributed by atoms with Gasteiger partial charge in [-0.3, -0.25) is 24.5 Å². The number of rotatable bonds is 7. The molecule has 0 unspecified atom stereocenters. The summed E-state index contributed by atoms with van der Waals surface area (Å²) >= 11 is 2.03. The summed E-state index contributed by atoms with van der Waals surface area (Å²) in [7, 11) is 0. The van der Waals surface area contributed by atoms with Gasteiger partial charge in [-0.25, -0.2) is 0 Å². The zero-order chi connectivity index (χ0) is 20.6. The smallest absolute Gasteiger partial charge is 0.238 e. The molecule has 0 atom stereocenters. The number of piperazine rings is 1. The van der Waals surface area contributed by atoms with Crippen molar-refractivity contribution < 1.29 is 4.79 Å². The molecule has 0 bridgehead atoms. The summed E-state index contributed by atoms with van der Waals surface area (Å²) in [5.74, 6) is 2.50. The van der Waals surface area contributed by atoms with Gasteiger partial charge in [0.2, 0.25) is 5.91 Å². The Morgan fingerprint density at radius 3 is 2.43 bits per heavy atom. The molecular weight excluding hydrogens is 394 g/mol. The van der Waals surface area contributed by atoms with Gasteiger partial charge in [-0.1, -0.05) is 18.2 Å². The number of amides is 1. The van der Waals surface area contributed by atoms with Crippen LogP contribution in [0.5, 0.6) is 0 Å². The fourth-order valence-electron chi connectivity index (χ4n) is 3.99. The lowest BCUT2D eigenvalue weighted by Gasteiger charge is -2.34. The van der Waals surface area contributed by atoms with E-state index in [4.69, 9.17) is 0 Å². The Hall–Kier alpha value is -1.93. The van der Waals surface area contributed by atoms with E-state index in [1.165, 1.54) is 17.1 Å². The first kappa shape index (κ1) is 21.3. The van der Waals surface area contributed by atoms with Crippen LogP contribution in [0.3, 0.4) is 0 Å². The van der Waals surface area contributed by atoms with Gasteiger partial charge in [0.05, 0.1) is 12.2 Å². The molecule has 1 aromatic heterocycles. The average Bonchev–Trinajstić information content (AvgIpc) is 2.77. The molecule has 4 rings (SSSR count). The molecule has 2 aromatic rings. The van der Waals surface area contributed by atoms with Crippen LogP contribution in [-0.2, 0) is 17.9 Å². The Kier molecular flexibility index (Phi) is 7.75. The SMILES string of the molecule is O=C(CN1CCN(Cc2ccccn2)CC1)Nc1cccc(CN2CCSCC2)c1. The van der Waals surface area contributed by atoms with Crippen molar-refractivity contribution in [3.05, 3.63) is 59.9 Å². The first-order valence-corrected chi connectivity index (χ1v) is 11.9. The average molecular weight is 426 g/mol. The van der Waals surface area contributed by atoms with Gasteiger partial charge in [-0.2, -0.15) is 11.8 Å². The van der Waals surface area contributed by atoms with Crippen molar-refractivity contribution in [1.82, 2.24) is 19.7 Å². The fraction of sp³-hybridized carbons (Fsp3) is 0.478. The first-order valence-electron chi connectivity index (χ1n) is 10.8. The zero-order valence-electron chi connectivity index (χ0n) is 17.5. The predicted molar refractivity (Wildman–Crippen MR) is 124 cm³/mol. The summed E-state index contributed by atoms with van der Waals surface area (Å²) in [5, 5.41) is 3.09. The summed E-state index contributed by atoms with van der Waals surface area (Å²) in [6.45, 7) is 8.33. The molecule has 0 aliphatic carbocycles. The van der Waals surface area contributed by atoms with Gasteiger partial charge in [0, 0.05) is 75.7 Å². The van der Waals surface area contributed by atoms with E-state index in [0.29, 0.717) is 6.54 Å². The number of carbonyl (C=O) groups excluding carboxylic acids is 1. The van der Waals surface area contributed by atoms with E-state index in [0.717, 1.165) is 63.7 Å². The number of carbonyl (C=O) groups is 1. The van der Waals surface area contributed by atoms with Crippen LogP contribution in [0.2, 0.25) is 0 Å². The van der Waals surface area contributed by atoms with E-state index in [1.54, 1.807) is 0 Å². The quantitative estimate of drug-likeness (QED) is 0.735. The highest BCUT2D eigenvalue weighted by Crippen LogP contribution is 2.16. The van der Waals surface area contributed by atoms with Gasteiger partial charge >= 0.3 is 0 Å². The Balaban J connectivity index is 1.21. The lowest BCUT2D eigenvalue weighted by Crippen LogP contribution is -2.48. The van der Waals surface area contributed by atoms with Crippen LogP contribution in [0, 0.1) is 0 Å². The Bertz CT molecular complexity index is 804. The van der Waals surface area contributed by atoms with E-state index >= 15 is 0 Å². The number of benzene rings is 1. The Labute approximate surface area is 183 Å². The highest BCUT2D eigenvalue weighted by Gasteiger charge is 2.19. The summed E-state index contributed by atoms with van der Waals surface area (Å²) in [4.78, 5) is 24.1. The maximum Gasteiger partial charge on any atom is 0.238 e.